The van der Waals surface area contributed by atoms with Crippen LogP contribution in [0.4, 0.5) is 0 Å². The van der Waals surface area contributed by atoms with Gasteiger partial charge in [-0.15, -0.1) is 0 Å². The summed E-state index contributed by atoms with van der Waals surface area (Å²) in [5.41, 5.74) is 4.09. The zero-order valence-electron chi connectivity index (χ0n) is 15.8. The van der Waals surface area contributed by atoms with Gasteiger partial charge in [0.1, 0.15) is 12.4 Å². The molecule has 0 saturated carbocycles. The molecule has 0 radical (unpaired) electrons. The fourth-order valence-corrected chi connectivity index (χ4v) is 2.74. The number of hydrogen-bond acceptors (Lipinski definition) is 5. The molecule has 0 aliphatic heterocycles. The van der Waals surface area contributed by atoms with Gasteiger partial charge in [-0.1, -0.05) is 41.5 Å². The average molecular weight is 365 g/mol. The van der Waals surface area contributed by atoms with E-state index in [0.29, 0.717) is 23.8 Å². The fraction of sp³-hybridized carbons (Fsp3) is 0.273. The highest BCUT2D eigenvalue weighted by Gasteiger charge is 2.11. The molecule has 0 spiro atoms. The van der Waals surface area contributed by atoms with Gasteiger partial charge in [0.05, 0.1) is 19.7 Å². The van der Waals surface area contributed by atoms with Crippen molar-refractivity contribution in [1.82, 2.24) is 4.98 Å². The Balaban J connectivity index is 1.52. The molecule has 3 rings (SSSR count). The predicted molar refractivity (Wildman–Crippen MR) is 103 cm³/mol. The van der Waals surface area contributed by atoms with E-state index < -0.39 is 0 Å². The zero-order chi connectivity index (χ0) is 19.2. The second-order valence-electron chi connectivity index (χ2n) is 6.46. The molecule has 0 aliphatic carbocycles. The van der Waals surface area contributed by atoms with Gasteiger partial charge >= 0.3 is 5.97 Å². The van der Waals surface area contributed by atoms with Gasteiger partial charge in [-0.05, 0) is 26.0 Å². The molecular formula is C22H23NO4. The number of oxazole rings is 1. The Morgan fingerprint density at radius 2 is 1.81 bits per heavy atom. The van der Waals surface area contributed by atoms with Crippen LogP contribution in [0, 0.1) is 13.8 Å². The number of carbonyl (C=O) groups excluding carboxylic acids is 1. The summed E-state index contributed by atoms with van der Waals surface area (Å²) in [6, 6.07) is 13.8. The van der Waals surface area contributed by atoms with Crippen molar-refractivity contribution >= 4 is 5.97 Å². The zero-order valence-corrected chi connectivity index (χ0v) is 15.8. The summed E-state index contributed by atoms with van der Waals surface area (Å²) in [6.45, 7) is 4.20. The highest BCUT2D eigenvalue weighted by atomic mass is 16.5. The topological polar surface area (TPSA) is 61.6 Å². The van der Waals surface area contributed by atoms with Crippen LogP contribution in [0.3, 0.4) is 0 Å². The fourth-order valence-electron chi connectivity index (χ4n) is 2.74. The Bertz CT molecular complexity index is 912. The van der Waals surface area contributed by atoms with E-state index in [1.54, 1.807) is 13.3 Å². The third kappa shape index (κ3) is 4.97. The molecule has 1 aromatic heterocycles. The highest BCUT2D eigenvalue weighted by molar-refractivity contribution is 5.69. The van der Waals surface area contributed by atoms with Crippen molar-refractivity contribution < 1.29 is 18.7 Å². The van der Waals surface area contributed by atoms with Gasteiger partial charge in [-0.3, -0.25) is 4.79 Å². The number of carbonyl (C=O) groups is 1. The molecule has 140 valence electrons. The van der Waals surface area contributed by atoms with Crippen molar-refractivity contribution in [1.29, 1.82) is 0 Å². The van der Waals surface area contributed by atoms with E-state index in [4.69, 9.17) is 13.9 Å². The van der Waals surface area contributed by atoms with Gasteiger partial charge < -0.3 is 13.9 Å². The van der Waals surface area contributed by atoms with E-state index in [-0.39, 0.29) is 19.0 Å². The molecule has 0 saturated heterocycles. The minimum Gasteiger partial charge on any atom is -0.496 e. The largest absolute Gasteiger partial charge is 0.496 e. The number of hydrogen-bond donors (Lipinski definition) is 0. The smallest absolute Gasteiger partial charge is 0.306 e. The van der Waals surface area contributed by atoms with Crippen molar-refractivity contribution in [2.45, 2.75) is 33.3 Å². The van der Waals surface area contributed by atoms with Crippen LogP contribution in [0.15, 0.2) is 53.1 Å². The number of aromatic nitrogens is 1. The van der Waals surface area contributed by atoms with E-state index in [0.717, 1.165) is 16.7 Å². The van der Waals surface area contributed by atoms with Gasteiger partial charge in [0.2, 0.25) is 0 Å². The van der Waals surface area contributed by atoms with E-state index in [1.807, 2.05) is 56.3 Å². The van der Waals surface area contributed by atoms with Gasteiger partial charge in [-0.25, -0.2) is 4.98 Å². The van der Waals surface area contributed by atoms with Crippen LogP contribution in [0.5, 0.6) is 5.75 Å². The standard InChI is InChI=1S/C22H23NO4/c1-15-4-7-17(8-5-15)20-13-23-21(27-20)10-11-22(24)26-14-18-12-16(2)6-9-19(18)25-3/h4-9,12-13H,10-11,14H2,1-3H3. The Morgan fingerprint density at radius 1 is 1.07 bits per heavy atom. The first kappa shape index (κ1) is 18.7. The molecular weight excluding hydrogens is 342 g/mol. The van der Waals surface area contributed by atoms with Crippen LogP contribution in [-0.2, 0) is 22.6 Å². The molecule has 0 fully saturated rings. The Hall–Kier alpha value is -3.08. The lowest BCUT2D eigenvalue weighted by atomic mass is 10.1. The van der Waals surface area contributed by atoms with E-state index in [9.17, 15) is 4.79 Å². The van der Waals surface area contributed by atoms with Crippen molar-refractivity contribution in [2.75, 3.05) is 7.11 Å². The molecule has 5 nitrogen and oxygen atoms in total. The first-order valence-electron chi connectivity index (χ1n) is 8.86. The van der Waals surface area contributed by atoms with Gasteiger partial charge in [0, 0.05) is 17.5 Å². The quantitative estimate of drug-likeness (QED) is 0.571. The number of methoxy groups -OCH3 is 1. The number of rotatable bonds is 7. The van der Waals surface area contributed by atoms with Crippen molar-refractivity contribution in [3.05, 3.63) is 71.2 Å². The van der Waals surface area contributed by atoms with E-state index >= 15 is 0 Å². The third-order valence-corrected chi connectivity index (χ3v) is 4.26. The Kier molecular flexibility index (Phi) is 5.91. The lowest BCUT2D eigenvalue weighted by Crippen LogP contribution is -2.07. The maximum absolute atomic E-state index is 12.1. The summed E-state index contributed by atoms with van der Waals surface area (Å²) in [5, 5.41) is 0. The van der Waals surface area contributed by atoms with Crippen LogP contribution in [0.2, 0.25) is 0 Å². The second kappa shape index (κ2) is 8.54. The maximum atomic E-state index is 12.1. The summed E-state index contributed by atoms with van der Waals surface area (Å²) in [4.78, 5) is 16.3. The van der Waals surface area contributed by atoms with Crippen molar-refractivity contribution in [3.63, 3.8) is 0 Å². The molecule has 0 atom stereocenters. The number of esters is 1. The van der Waals surface area contributed by atoms with Gasteiger partial charge in [0.25, 0.3) is 0 Å². The normalized spacial score (nSPS) is 10.6. The van der Waals surface area contributed by atoms with Crippen molar-refractivity contribution in [3.8, 4) is 17.1 Å². The molecule has 0 N–H and O–H groups in total. The molecule has 2 aromatic carbocycles. The van der Waals surface area contributed by atoms with Gasteiger partial charge in [0.15, 0.2) is 11.7 Å². The average Bonchev–Trinajstić information content (AvgIpc) is 3.14. The number of ether oxygens (including phenoxy) is 2. The summed E-state index contributed by atoms with van der Waals surface area (Å²) in [7, 11) is 1.60. The minimum atomic E-state index is -0.298. The third-order valence-electron chi connectivity index (χ3n) is 4.26. The van der Waals surface area contributed by atoms with E-state index in [2.05, 4.69) is 4.98 Å². The molecule has 0 aliphatic rings. The first-order chi connectivity index (χ1) is 13.0. The maximum Gasteiger partial charge on any atom is 0.306 e. The summed E-state index contributed by atoms with van der Waals surface area (Å²) < 4.78 is 16.4. The van der Waals surface area contributed by atoms with Crippen LogP contribution < -0.4 is 4.74 Å². The molecule has 0 bridgehead atoms. The number of benzene rings is 2. The number of aryl methyl sites for hydroxylation is 3. The molecule has 5 heteroatoms. The summed E-state index contributed by atoms with van der Waals surface area (Å²) >= 11 is 0. The SMILES string of the molecule is COc1ccc(C)cc1COC(=O)CCc1ncc(-c2ccc(C)cc2)o1. The van der Waals surface area contributed by atoms with Crippen LogP contribution >= 0.6 is 0 Å². The molecule has 3 aromatic rings. The molecule has 0 amide bonds. The lowest BCUT2D eigenvalue weighted by molar-refractivity contribution is -0.145. The highest BCUT2D eigenvalue weighted by Crippen LogP contribution is 2.22. The molecule has 0 unspecified atom stereocenters. The Morgan fingerprint density at radius 3 is 2.56 bits per heavy atom. The molecule has 27 heavy (non-hydrogen) atoms. The van der Waals surface area contributed by atoms with Crippen LogP contribution in [0.1, 0.15) is 29.0 Å². The minimum absolute atomic E-state index is 0.184. The first-order valence-corrected chi connectivity index (χ1v) is 8.86. The van der Waals surface area contributed by atoms with Crippen LogP contribution in [0.25, 0.3) is 11.3 Å². The van der Waals surface area contributed by atoms with Crippen molar-refractivity contribution in [2.24, 2.45) is 0 Å². The monoisotopic (exact) mass is 365 g/mol. The molecule has 1 heterocycles. The van der Waals surface area contributed by atoms with E-state index in [1.165, 1.54) is 5.56 Å². The van der Waals surface area contributed by atoms with Crippen LogP contribution in [-0.4, -0.2) is 18.1 Å². The van der Waals surface area contributed by atoms with Gasteiger partial charge in [-0.2, -0.15) is 0 Å². The predicted octanol–water partition coefficient (Wildman–Crippen LogP) is 4.64. The summed E-state index contributed by atoms with van der Waals surface area (Å²) in [6.07, 6.45) is 2.29. The second-order valence-corrected chi connectivity index (χ2v) is 6.46. The number of nitrogens with zero attached hydrogens (tertiary/aromatic N) is 1. The lowest BCUT2D eigenvalue weighted by Gasteiger charge is -2.10. The summed E-state index contributed by atoms with van der Waals surface area (Å²) in [5.74, 6) is 1.64. The Labute approximate surface area is 159 Å².